The minimum absolute atomic E-state index is 0.458. The van der Waals surface area contributed by atoms with Crippen molar-refractivity contribution in [1.29, 1.82) is 0 Å². The van der Waals surface area contributed by atoms with Crippen LogP contribution >= 0.6 is 12.2 Å². The summed E-state index contributed by atoms with van der Waals surface area (Å²) in [5.41, 5.74) is 9.99. The van der Waals surface area contributed by atoms with Gasteiger partial charge < -0.3 is 10.6 Å². The van der Waals surface area contributed by atoms with Crippen LogP contribution in [0.2, 0.25) is 0 Å². The highest BCUT2D eigenvalue weighted by Crippen LogP contribution is 2.26. The average Bonchev–Trinajstić information content (AvgIpc) is 2.55. The average molecular weight is 263 g/mol. The minimum Gasteiger partial charge on any atom is -0.389 e. The van der Waals surface area contributed by atoms with E-state index in [1.54, 1.807) is 0 Å². The monoisotopic (exact) mass is 263 g/mol. The van der Waals surface area contributed by atoms with Gasteiger partial charge in [0.15, 0.2) is 0 Å². The Morgan fingerprint density at radius 2 is 1.83 bits per heavy atom. The van der Waals surface area contributed by atoms with Crippen LogP contribution in [0.25, 0.3) is 0 Å². The first kappa shape index (κ1) is 13.3. The molecule has 3 nitrogen and oxygen atoms in total. The van der Waals surface area contributed by atoms with E-state index in [9.17, 15) is 0 Å². The lowest BCUT2D eigenvalue weighted by Gasteiger charge is -2.26. The molecule has 1 saturated heterocycles. The van der Waals surface area contributed by atoms with E-state index in [1.165, 1.54) is 31.4 Å². The number of aromatic nitrogens is 1. The zero-order valence-corrected chi connectivity index (χ0v) is 12.0. The molecule has 1 fully saturated rings. The van der Waals surface area contributed by atoms with Gasteiger partial charge in [-0.2, -0.15) is 0 Å². The lowest BCUT2D eigenvalue weighted by molar-refractivity contribution is 0.726. The SMILES string of the molecule is Cc1cc(N2CCCCCC2)c(C(N)=S)c(C)n1. The van der Waals surface area contributed by atoms with Gasteiger partial charge in [0.1, 0.15) is 4.99 Å². The second kappa shape index (κ2) is 5.65. The molecule has 0 spiro atoms. The third-order valence-electron chi connectivity index (χ3n) is 3.50. The molecule has 98 valence electrons. The fourth-order valence-electron chi connectivity index (χ4n) is 2.67. The predicted molar refractivity (Wildman–Crippen MR) is 80.3 cm³/mol. The second-order valence-electron chi connectivity index (χ2n) is 5.01. The van der Waals surface area contributed by atoms with Gasteiger partial charge in [-0.05, 0) is 32.8 Å². The van der Waals surface area contributed by atoms with Crippen molar-refractivity contribution in [1.82, 2.24) is 4.98 Å². The zero-order valence-electron chi connectivity index (χ0n) is 11.2. The predicted octanol–water partition coefficient (Wildman–Crippen LogP) is 2.71. The number of hydrogen-bond acceptors (Lipinski definition) is 3. The molecule has 2 heterocycles. The van der Waals surface area contributed by atoms with Crippen molar-refractivity contribution < 1.29 is 0 Å². The minimum atomic E-state index is 0.458. The third kappa shape index (κ3) is 2.80. The number of aryl methyl sites for hydroxylation is 2. The van der Waals surface area contributed by atoms with Gasteiger partial charge in [-0.25, -0.2) is 0 Å². The standard InChI is InChI=1S/C14H21N3S/c1-10-9-12(13(14(15)18)11(2)16-10)17-7-5-3-4-6-8-17/h9H,3-8H2,1-2H3,(H2,15,18). The van der Waals surface area contributed by atoms with Gasteiger partial charge in [0, 0.05) is 24.5 Å². The summed E-state index contributed by atoms with van der Waals surface area (Å²) in [5.74, 6) is 0. The van der Waals surface area contributed by atoms with E-state index in [0.29, 0.717) is 4.99 Å². The van der Waals surface area contributed by atoms with Crippen LogP contribution in [0.3, 0.4) is 0 Å². The Morgan fingerprint density at radius 3 is 2.39 bits per heavy atom. The Balaban J connectivity index is 2.43. The van der Waals surface area contributed by atoms with Crippen LogP contribution in [-0.4, -0.2) is 23.1 Å². The molecule has 0 unspecified atom stereocenters. The van der Waals surface area contributed by atoms with Crippen LogP contribution in [0.1, 0.15) is 42.6 Å². The first-order chi connectivity index (χ1) is 8.59. The number of nitrogens with zero attached hydrogens (tertiary/aromatic N) is 2. The van der Waals surface area contributed by atoms with Gasteiger partial charge in [-0.15, -0.1) is 0 Å². The van der Waals surface area contributed by atoms with Gasteiger partial charge in [0.05, 0.1) is 11.3 Å². The molecular weight excluding hydrogens is 242 g/mol. The molecule has 0 bridgehead atoms. The lowest BCUT2D eigenvalue weighted by atomic mass is 10.1. The molecule has 0 amide bonds. The molecule has 2 N–H and O–H groups in total. The summed E-state index contributed by atoms with van der Waals surface area (Å²) >= 11 is 5.19. The number of rotatable bonds is 2. The Morgan fingerprint density at radius 1 is 1.22 bits per heavy atom. The number of hydrogen-bond donors (Lipinski definition) is 1. The second-order valence-corrected chi connectivity index (χ2v) is 5.45. The van der Waals surface area contributed by atoms with E-state index in [1.807, 2.05) is 13.8 Å². The van der Waals surface area contributed by atoms with E-state index in [-0.39, 0.29) is 0 Å². The maximum atomic E-state index is 5.88. The normalized spacial score (nSPS) is 16.4. The molecule has 1 aromatic rings. The van der Waals surface area contributed by atoms with Gasteiger partial charge in [-0.1, -0.05) is 25.1 Å². The molecule has 0 aromatic carbocycles. The van der Waals surface area contributed by atoms with Gasteiger partial charge in [0.2, 0.25) is 0 Å². The van der Waals surface area contributed by atoms with Crippen molar-refractivity contribution in [2.24, 2.45) is 5.73 Å². The van der Waals surface area contributed by atoms with E-state index in [2.05, 4.69) is 16.0 Å². The van der Waals surface area contributed by atoms with E-state index >= 15 is 0 Å². The van der Waals surface area contributed by atoms with E-state index in [0.717, 1.165) is 30.0 Å². The molecule has 0 radical (unpaired) electrons. The molecule has 4 heteroatoms. The molecule has 1 aromatic heterocycles. The molecule has 0 atom stereocenters. The van der Waals surface area contributed by atoms with Crippen LogP contribution < -0.4 is 10.6 Å². The number of nitrogens with two attached hydrogens (primary N) is 1. The van der Waals surface area contributed by atoms with Crippen molar-refractivity contribution in [3.8, 4) is 0 Å². The van der Waals surface area contributed by atoms with Crippen molar-refractivity contribution >= 4 is 22.9 Å². The smallest absolute Gasteiger partial charge is 0.107 e. The fraction of sp³-hybridized carbons (Fsp3) is 0.571. The summed E-state index contributed by atoms with van der Waals surface area (Å²) in [6, 6.07) is 2.12. The van der Waals surface area contributed by atoms with Crippen molar-refractivity contribution in [3.63, 3.8) is 0 Å². The highest BCUT2D eigenvalue weighted by atomic mass is 32.1. The number of pyridine rings is 1. The first-order valence-corrected chi connectivity index (χ1v) is 7.03. The van der Waals surface area contributed by atoms with Crippen molar-refractivity contribution in [2.75, 3.05) is 18.0 Å². The van der Waals surface area contributed by atoms with Gasteiger partial charge >= 0.3 is 0 Å². The number of anilines is 1. The summed E-state index contributed by atoms with van der Waals surface area (Å²) in [5, 5.41) is 0. The highest BCUT2D eigenvalue weighted by molar-refractivity contribution is 7.80. The third-order valence-corrected chi connectivity index (χ3v) is 3.70. The van der Waals surface area contributed by atoms with E-state index in [4.69, 9.17) is 18.0 Å². The Kier molecular flexibility index (Phi) is 4.17. The summed E-state index contributed by atoms with van der Waals surface area (Å²) in [4.78, 5) is 7.36. The lowest BCUT2D eigenvalue weighted by Crippen LogP contribution is -2.28. The largest absolute Gasteiger partial charge is 0.389 e. The Labute approximate surface area is 114 Å². The maximum absolute atomic E-state index is 5.88. The first-order valence-electron chi connectivity index (χ1n) is 6.62. The summed E-state index contributed by atoms with van der Waals surface area (Å²) in [6.07, 6.45) is 5.14. The van der Waals surface area contributed by atoms with Crippen LogP contribution in [0.15, 0.2) is 6.07 Å². The Hall–Kier alpha value is -1.16. The molecule has 18 heavy (non-hydrogen) atoms. The van der Waals surface area contributed by atoms with Gasteiger partial charge in [-0.3, -0.25) is 4.98 Å². The molecule has 1 aliphatic heterocycles. The number of thiocarbonyl (C=S) groups is 1. The fourth-order valence-corrected chi connectivity index (χ4v) is 2.93. The van der Waals surface area contributed by atoms with Crippen molar-refractivity contribution in [2.45, 2.75) is 39.5 Å². The molecule has 1 aliphatic rings. The van der Waals surface area contributed by atoms with Crippen LogP contribution in [0.4, 0.5) is 5.69 Å². The maximum Gasteiger partial charge on any atom is 0.107 e. The summed E-state index contributed by atoms with van der Waals surface area (Å²) in [6.45, 7) is 6.21. The summed E-state index contributed by atoms with van der Waals surface area (Å²) < 4.78 is 0. The molecule has 2 rings (SSSR count). The highest BCUT2D eigenvalue weighted by Gasteiger charge is 2.17. The quantitative estimate of drug-likeness (QED) is 0.833. The van der Waals surface area contributed by atoms with E-state index < -0.39 is 0 Å². The van der Waals surface area contributed by atoms with Gasteiger partial charge in [0.25, 0.3) is 0 Å². The zero-order chi connectivity index (χ0) is 13.1. The van der Waals surface area contributed by atoms with Crippen molar-refractivity contribution in [3.05, 3.63) is 23.0 Å². The molecular formula is C14H21N3S. The van der Waals surface area contributed by atoms with Crippen LogP contribution in [0.5, 0.6) is 0 Å². The molecule has 0 saturated carbocycles. The van der Waals surface area contributed by atoms with Crippen LogP contribution in [0, 0.1) is 13.8 Å². The summed E-state index contributed by atoms with van der Waals surface area (Å²) in [7, 11) is 0. The molecule has 0 aliphatic carbocycles. The van der Waals surface area contributed by atoms with Crippen LogP contribution in [-0.2, 0) is 0 Å². The topological polar surface area (TPSA) is 42.1 Å². The Bertz CT molecular complexity index is 449.